The van der Waals surface area contributed by atoms with Gasteiger partial charge >= 0.3 is 6.03 Å². The molecule has 2 N–H and O–H groups in total. The Bertz CT molecular complexity index is 980. The van der Waals surface area contributed by atoms with Gasteiger partial charge in [0.1, 0.15) is 11.5 Å². The molecule has 0 aliphatic heterocycles. The number of carbonyl (C=O) groups is 1. The second kappa shape index (κ2) is 8.25. The van der Waals surface area contributed by atoms with E-state index in [4.69, 9.17) is 13.9 Å². The van der Waals surface area contributed by atoms with Crippen LogP contribution in [0.3, 0.4) is 0 Å². The maximum Gasteiger partial charge on any atom is 0.315 e. The second-order valence-electron chi connectivity index (χ2n) is 6.83. The minimum absolute atomic E-state index is 0.210. The number of hydrogen-bond donors (Lipinski definition) is 2. The molecule has 6 nitrogen and oxygen atoms in total. The van der Waals surface area contributed by atoms with E-state index in [1.807, 2.05) is 63.2 Å². The summed E-state index contributed by atoms with van der Waals surface area (Å²) in [5.74, 6) is 2.08. The van der Waals surface area contributed by atoms with Gasteiger partial charge in [0.2, 0.25) is 0 Å². The molecule has 148 valence electrons. The number of aryl methyl sites for hydroxylation is 1. The monoisotopic (exact) mass is 382 g/mol. The minimum Gasteiger partial charge on any atom is -0.496 e. The fraction of sp³-hybridized carbons (Fsp3) is 0.318. The van der Waals surface area contributed by atoms with Gasteiger partial charge in [-0.25, -0.2) is 4.79 Å². The Hall–Kier alpha value is -3.15. The van der Waals surface area contributed by atoms with Crippen LogP contribution in [0.5, 0.6) is 11.5 Å². The molecule has 0 aliphatic rings. The van der Waals surface area contributed by atoms with Gasteiger partial charge in [-0.3, -0.25) is 0 Å². The molecule has 2 unspecified atom stereocenters. The van der Waals surface area contributed by atoms with Gasteiger partial charge in [-0.1, -0.05) is 29.8 Å². The fourth-order valence-electron chi connectivity index (χ4n) is 3.21. The first kappa shape index (κ1) is 19.6. The maximum atomic E-state index is 12.5. The number of para-hydroxylation sites is 1. The smallest absolute Gasteiger partial charge is 0.315 e. The molecule has 6 heteroatoms. The summed E-state index contributed by atoms with van der Waals surface area (Å²) in [5.41, 5.74) is 2.71. The second-order valence-corrected chi connectivity index (χ2v) is 6.83. The highest BCUT2D eigenvalue weighted by Crippen LogP contribution is 2.31. The third-order valence-corrected chi connectivity index (χ3v) is 4.72. The van der Waals surface area contributed by atoms with E-state index in [0.29, 0.717) is 17.1 Å². The van der Waals surface area contributed by atoms with Crippen molar-refractivity contribution in [2.75, 3.05) is 14.2 Å². The third-order valence-electron chi connectivity index (χ3n) is 4.72. The first-order valence-corrected chi connectivity index (χ1v) is 9.21. The zero-order valence-corrected chi connectivity index (χ0v) is 16.8. The third kappa shape index (κ3) is 4.06. The number of fused-ring (bicyclic) bond motifs is 1. The maximum absolute atomic E-state index is 12.5. The molecule has 1 heterocycles. The number of methoxy groups -OCH3 is 2. The number of urea groups is 1. The molecule has 2 amide bonds. The van der Waals surface area contributed by atoms with Crippen molar-refractivity contribution in [3.63, 3.8) is 0 Å². The lowest BCUT2D eigenvalue weighted by Crippen LogP contribution is -2.38. The van der Waals surface area contributed by atoms with Crippen LogP contribution in [0.4, 0.5) is 4.79 Å². The summed E-state index contributed by atoms with van der Waals surface area (Å²) in [7, 11) is 3.23. The van der Waals surface area contributed by atoms with Crippen LogP contribution in [0.2, 0.25) is 0 Å². The van der Waals surface area contributed by atoms with Gasteiger partial charge in [0.15, 0.2) is 11.3 Å². The molecular weight excluding hydrogens is 356 g/mol. The summed E-state index contributed by atoms with van der Waals surface area (Å²) < 4.78 is 16.6. The lowest BCUT2D eigenvalue weighted by molar-refractivity contribution is 0.233. The number of benzene rings is 2. The number of amides is 2. The van der Waals surface area contributed by atoms with Gasteiger partial charge in [-0.05, 0) is 39.0 Å². The molecule has 0 saturated heterocycles. The van der Waals surface area contributed by atoms with Crippen LogP contribution in [0.15, 0.2) is 46.9 Å². The quantitative estimate of drug-likeness (QED) is 0.637. The van der Waals surface area contributed by atoms with Crippen molar-refractivity contribution in [2.45, 2.75) is 32.9 Å². The molecule has 0 aliphatic carbocycles. The van der Waals surface area contributed by atoms with Crippen LogP contribution in [-0.2, 0) is 0 Å². The summed E-state index contributed by atoms with van der Waals surface area (Å²) in [4.78, 5) is 12.5. The Morgan fingerprint density at radius 2 is 1.68 bits per heavy atom. The number of rotatable bonds is 6. The number of hydrogen-bond acceptors (Lipinski definition) is 4. The standard InChI is InChI=1S/C22H26N2O4/c1-13-9-10-18(26-4)17(11-13)14(2)23-22(25)24-15(3)20-12-16-7-6-8-19(27-5)21(16)28-20/h6-12,14-15H,1-5H3,(H2,23,24,25). The van der Waals surface area contributed by atoms with Crippen LogP contribution in [-0.4, -0.2) is 20.3 Å². The number of furan rings is 1. The minimum atomic E-state index is -0.302. The molecule has 3 aromatic rings. The van der Waals surface area contributed by atoms with E-state index in [0.717, 1.165) is 22.3 Å². The summed E-state index contributed by atoms with van der Waals surface area (Å²) in [6.07, 6.45) is 0. The van der Waals surface area contributed by atoms with Crippen molar-refractivity contribution in [2.24, 2.45) is 0 Å². The molecule has 0 radical (unpaired) electrons. The highest BCUT2D eigenvalue weighted by atomic mass is 16.5. The van der Waals surface area contributed by atoms with Gasteiger partial charge in [0, 0.05) is 10.9 Å². The molecule has 1 aromatic heterocycles. The van der Waals surface area contributed by atoms with Crippen molar-refractivity contribution in [1.29, 1.82) is 0 Å². The van der Waals surface area contributed by atoms with Crippen molar-refractivity contribution in [3.8, 4) is 11.5 Å². The van der Waals surface area contributed by atoms with E-state index >= 15 is 0 Å². The SMILES string of the molecule is COc1ccc(C)cc1C(C)NC(=O)NC(C)c1cc2cccc(OC)c2o1. The van der Waals surface area contributed by atoms with Gasteiger partial charge in [0.25, 0.3) is 0 Å². The molecule has 0 fully saturated rings. The molecule has 2 atom stereocenters. The lowest BCUT2D eigenvalue weighted by Gasteiger charge is -2.19. The first-order chi connectivity index (χ1) is 13.4. The van der Waals surface area contributed by atoms with Gasteiger partial charge in [-0.15, -0.1) is 0 Å². The fourth-order valence-corrected chi connectivity index (χ4v) is 3.21. The molecule has 28 heavy (non-hydrogen) atoms. The Balaban J connectivity index is 1.70. The Labute approximate surface area is 164 Å². The van der Waals surface area contributed by atoms with E-state index in [1.165, 1.54) is 0 Å². The highest BCUT2D eigenvalue weighted by Gasteiger charge is 2.19. The van der Waals surface area contributed by atoms with Crippen molar-refractivity contribution in [1.82, 2.24) is 10.6 Å². The van der Waals surface area contributed by atoms with E-state index < -0.39 is 0 Å². The Morgan fingerprint density at radius 1 is 0.964 bits per heavy atom. The van der Waals surface area contributed by atoms with Crippen molar-refractivity contribution < 1.29 is 18.7 Å². The average molecular weight is 382 g/mol. The molecule has 0 bridgehead atoms. The van der Waals surface area contributed by atoms with Crippen molar-refractivity contribution in [3.05, 3.63) is 59.4 Å². The lowest BCUT2D eigenvalue weighted by atomic mass is 10.0. The number of carbonyl (C=O) groups excluding carboxylic acids is 1. The van der Waals surface area contributed by atoms with E-state index in [-0.39, 0.29) is 18.1 Å². The topological polar surface area (TPSA) is 72.7 Å². The predicted octanol–water partition coefficient (Wildman–Crippen LogP) is 4.88. The predicted molar refractivity (Wildman–Crippen MR) is 109 cm³/mol. The normalized spacial score (nSPS) is 13.0. The van der Waals surface area contributed by atoms with Gasteiger partial charge in [-0.2, -0.15) is 0 Å². The zero-order chi connectivity index (χ0) is 20.3. The summed E-state index contributed by atoms with van der Waals surface area (Å²) in [6.45, 7) is 5.81. The summed E-state index contributed by atoms with van der Waals surface area (Å²) in [6, 6.07) is 12.7. The van der Waals surface area contributed by atoms with Gasteiger partial charge < -0.3 is 24.5 Å². The molecule has 2 aromatic carbocycles. The molecular formula is C22H26N2O4. The Morgan fingerprint density at radius 3 is 2.39 bits per heavy atom. The van der Waals surface area contributed by atoms with Crippen LogP contribution >= 0.6 is 0 Å². The Kier molecular flexibility index (Phi) is 5.78. The average Bonchev–Trinajstić information content (AvgIpc) is 3.12. The first-order valence-electron chi connectivity index (χ1n) is 9.21. The van der Waals surface area contributed by atoms with Gasteiger partial charge in [0.05, 0.1) is 26.3 Å². The van der Waals surface area contributed by atoms with E-state index in [2.05, 4.69) is 10.6 Å². The summed E-state index contributed by atoms with van der Waals surface area (Å²) >= 11 is 0. The largest absolute Gasteiger partial charge is 0.496 e. The molecule has 3 rings (SSSR count). The van der Waals surface area contributed by atoms with Crippen LogP contribution < -0.4 is 20.1 Å². The number of ether oxygens (including phenoxy) is 2. The van der Waals surface area contributed by atoms with E-state index in [1.54, 1.807) is 14.2 Å². The van der Waals surface area contributed by atoms with Crippen LogP contribution in [0.1, 0.15) is 42.8 Å². The zero-order valence-electron chi connectivity index (χ0n) is 16.8. The molecule has 0 spiro atoms. The highest BCUT2D eigenvalue weighted by molar-refractivity contribution is 5.84. The van der Waals surface area contributed by atoms with Crippen LogP contribution in [0.25, 0.3) is 11.0 Å². The number of nitrogens with one attached hydrogen (secondary N) is 2. The van der Waals surface area contributed by atoms with Crippen molar-refractivity contribution >= 4 is 17.0 Å². The van der Waals surface area contributed by atoms with Crippen LogP contribution in [0, 0.1) is 6.92 Å². The van der Waals surface area contributed by atoms with E-state index in [9.17, 15) is 4.79 Å². The molecule has 0 saturated carbocycles. The summed E-state index contributed by atoms with van der Waals surface area (Å²) in [5, 5.41) is 6.81.